The summed E-state index contributed by atoms with van der Waals surface area (Å²) in [6, 6.07) is 13.5. The van der Waals surface area contributed by atoms with E-state index in [2.05, 4.69) is 51.0 Å². The maximum absolute atomic E-state index is 15.6. The molecule has 5 nitrogen and oxygen atoms in total. The van der Waals surface area contributed by atoms with Crippen molar-refractivity contribution in [2.45, 2.75) is 56.0 Å². The second-order valence-corrected chi connectivity index (χ2v) is 10.3. The molecule has 1 aromatic heterocycles. The lowest BCUT2D eigenvalue weighted by Crippen LogP contribution is -2.45. The van der Waals surface area contributed by atoms with E-state index in [0.29, 0.717) is 41.8 Å². The fraction of sp³-hybridized carbons (Fsp3) is 0.440. The largest absolute Gasteiger partial charge is 0.317 e. The third-order valence-corrected chi connectivity index (χ3v) is 8.60. The topological polar surface area (TPSA) is 46.0 Å². The molecule has 2 fully saturated rings. The zero-order chi connectivity index (χ0) is 22.8. The van der Waals surface area contributed by atoms with Crippen molar-refractivity contribution in [2.24, 2.45) is 0 Å². The Morgan fingerprint density at radius 3 is 2.48 bits per heavy atom. The molecule has 0 radical (unpaired) electrons. The van der Waals surface area contributed by atoms with Crippen LogP contribution in [0.3, 0.4) is 0 Å². The number of piperidine rings is 1. The molecule has 1 N–H and O–H groups in total. The Morgan fingerprint density at radius 2 is 1.76 bits per heavy atom. The predicted octanol–water partition coefficient (Wildman–Crippen LogP) is 5.06. The van der Waals surface area contributed by atoms with Crippen LogP contribution in [0.5, 0.6) is 0 Å². The summed E-state index contributed by atoms with van der Waals surface area (Å²) in [4.78, 5) is 0. The second-order valence-electron chi connectivity index (χ2n) is 9.08. The van der Waals surface area contributed by atoms with Crippen LogP contribution < -0.4 is 5.32 Å². The van der Waals surface area contributed by atoms with Crippen molar-refractivity contribution in [3.8, 4) is 0 Å². The number of rotatable bonds is 5. The van der Waals surface area contributed by atoms with Gasteiger partial charge >= 0.3 is 0 Å². The maximum Gasteiger partial charge on any atom is 0.129 e. The van der Waals surface area contributed by atoms with Crippen molar-refractivity contribution in [1.82, 2.24) is 24.4 Å². The smallest absolute Gasteiger partial charge is 0.129 e. The Labute approximate surface area is 197 Å². The van der Waals surface area contributed by atoms with Gasteiger partial charge in [-0.25, -0.2) is 13.1 Å². The van der Waals surface area contributed by atoms with Crippen LogP contribution in [-0.2, 0) is 12.1 Å². The molecule has 0 unspecified atom stereocenters. The van der Waals surface area contributed by atoms with Gasteiger partial charge in [0, 0.05) is 29.0 Å². The number of halogens is 2. The van der Waals surface area contributed by atoms with Crippen molar-refractivity contribution in [1.29, 1.82) is 0 Å². The number of aromatic nitrogens is 3. The first-order chi connectivity index (χ1) is 16.1. The van der Waals surface area contributed by atoms with Gasteiger partial charge < -0.3 is 9.88 Å². The number of nitrogens with one attached hydrogen (secondary N) is 1. The lowest BCUT2D eigenvalue weighted by molar-refractivity contribution is 0.248. The summed E-state index contributed by atoms with van der Waals surface area (Å²) in [5.41, 5.74) is 1.39. The van der Waals surface area contributed by atoms with Crippen LogP contribution in [0.1, 0.15) is 54.5 Å². The Hall–Kier alpha value is -2.29. The van der Waals surface area contributed by atoms with Gasteiger partial charge in [-0.1, -0.05) is 42.3 Å². The van der Waals surface area contributed by atoms with E-state index in [4.69, 9.17) is 0 Å². The van der Waals surface area contributed by atoms with Gasteiger partial charge in [-0.05, 0) is 63.4 Å². The lowest BCUT2D eigenvalue weighted by Gasteiger charge is -2.39. The van der Waals surface area contributed by atoms with Crippen molar-refractivity contribution >= 4 is 11.9 Å². The predicted molar refractivity (Wildman–Crippen MR) is 127 cm³/mol. The van der Waals surface area contributed by atoms with E-state index in [0.717, 1.165) is 25.9 Å². The average Bonchev–Trinajstić information content (AvgIpc) is 3.39. The Balaban J connectivity index is 1.42. The number of hydrogen-bond acceptors (Lipinski definition) is 5. The highest BCUT2D eigenvalue weighted by molar-refractivity contribution is 7.97. The third-order valence-electron chi connectivity index (χ3n) is 7.08. The van der Waals surface area contributed by atoms with Crippen LogP contribution in [0.15, 0.2) is 55.1 Å². The third kappa shape index (κ3) is 4.44. The minimum Gasteiger partial charge on any atom is -0.317 e. The Kier molecular flexibility index (Phi) is 6.49. The number of benzene rings is 2. The van der Waals surface area contributed by atoms with Gasteiger partial charge in [-0.15, -0.1) is 10.2 Å². The quantitative estimate of drug-likeness (QED) is 0.530. The zero-order valence-corrected chi connectivity index (χ0v) is 19.6. The fourth-order valence-corrected chi connectivity index (χ4v) is 6.48. The molecule has 2 aliphatic rings. The van der Waals surface area contributed by atoms with Gasteiger partial charge in [0.2, 0.25) is 0 Å². The van der Waals surface area contributed by atoms with Crippen LogP contribution in [0, 0.1) is 11.6 Å². The molecule has 3 heterocycles. The molecule has 0 saturated carbocycles. The van der Waals surface area contributed by atoms with Gasteiger partial charge in [-0.3, -0.25) is 0 Å². The molecule has 2 aliphatic heterocycles. The van der Waals surface area contributed by atoms with E-state index in [1.807, 2.05) is 10.6 Å². The van der Waals surface area contributed by atoms with Gasteiger partial charge in [0.05, 0.1) is 5.54 Å². The average molecular weight is 470 g/mol. The van der Waals surface area contributed by atoms with Gasteiger partial charge in [0.25, 0.3) is 0 Å². The minimum absolute atomic E-state index is 0.296. The number of nitrogens with zero attached hydrogens (tertiary/aromatic N) is 4. The molecule has 0 bridgehead atoms. The summed E-state index contributed by atoms with van der Waals surface area (Å²) < 4.78 is 35.1. The van der Waals surface area contributed by atoms with Gasteiger partial charge in [0.15, 0.2) is 0 Å². The molecule has 5 rings (SSSR count). The molecule has 174 valence electrons. The molecule has 0 aliphatic carbocycles. The van der Waals surface area contributed by atoms with E-state index in [9.17, 15) is 0 Å². The molecule has 0 spiro atoms. The lowest BCUT2D eigenvalue weighted by atomic mass is 9.80. The second kappa shape index (κ2) is 9.52. The minimum atomic E-state index is -0.677. The molecule has 2 aromatic carbocycles. The van der Waals surface area contributed by atoms with E-state index in [1.54, 1.807) is 24.6 Å². The van der Waals surface area contributed by atoms with Crippen LogP contribution >= 0.6 is 11.9 Å². The summed E-state index contributed by atoms with van der Waals surface area (Å²) in [6.45, 7) is 3.99. The molecular weight excluding hydrogens is 440 g/mol. The zero-order valence-electron chi connectivity index (χ0n) is 18.8. The molecule has 2 atom stereocenters. The fourth-order valence-electron chi connectivity index (χ4n) is 5.11. The molecule has 3 aromatic rings. The van der Waals surface area contributed by atoms with Crippen LogP contribution in [0.25, 0.3) is 0 Å². The standard InChI is InChI=1S/C25H29F2N5S/c1-18-7-8-24(19-5-3-2-4-6-19)33-32(18)15-20-13-23(27)21(14-22(20)26)25(9-11-28-12-10-25)31-16-29-30-17-31/h2-6,13-14,16-18,24,28H,7-12,15H2,1H3/t18-,24+/m0/s1. The van der Waals surface area contributed by atoms with Crippen LogP contribution in [0.2, 0.25) is 0 Å². The molecule has 2 saturated heterocycles. The number of hydrogen-bond donors (Lipinski definition) is 1. The van der Waals surface area contributed by atoms with Crippen molar-refractivity contribution in [3.63, 3.8) is 0 Å². The highest BCUT2D eigenvalue weighted by atomic mass is 32.2. The highest BCUT2D eigenvalue weighted by Crippen LogP contribution is 2.43. The van der Waals surface area contributed by atoms with Gasteiger partial charge in [0.1, 0.15) is 24.3 Å². The Bertz CT molecular complexity index is 1070. The Morgan fingerprint density at radius 1 is 1.03 bits per heavy atom. The van der Waals surface area contributed by atoms with E-state index < -0.39 is 5.54 Å². The highest BCUT2D eigenvalue weighted by Gasteiger charge is 2.39. The molecule has 8 heteroatoms. The van der Waals surface area contributed by atoms with Crippen molar-refractivity contribution in [2.75, 3.05) is 13.1 Å². The first-order valence-corrected chi connectivity index (χ1v) is 12.4. The molecular formula is C25H29F2N5S. The van der Waals surface area contributed by atoms with Crippen LogP contribution in [0.4, 0.5) is 8.78 Å². The van der Waals surface area contributed by atoms with E-state index in [1.165, 1.54) is 17.7 Å². The summed E-state index contributed by atoms with van der Waals surface area (Å²) >= 11 is 1.75. The van der Waals surface area contributed by atoms with E-state index >= 15 is 8.78 Å². The van der Waals surface area contributed by atoms with Gasteiger partial charge in [-0.2, -0.15) is 0 Å². The summed E-state index contributed by atoms with van der Waals surface area (Å²) in [6.07, 6.45) is 6.62. The first-order valence-electron chi connectivity index (χ1n) is 11.6. The van der Waals surface area contributed by atoms with Crippen LogP contribution in [-0.4, -0.2) is 38.2 Å². The maximum atomic E-state index is 15.6. The monoisotopic (exact) mass is 469 g/mol. The summed E-state index contributed by atoms with van der Waals surface area (Å²) in [7, 11) is 0. The molecule has 33 heavy (non-hydrogen) atoms. The first kappa shape index (κ1) is 22.5. The summed E-state index contributed by atoms with van der Waals surface area (Å²) in [5.74, 6) is -0.719. The van der Waals surface area contributed by atoms with Crippen molar-refractivity contribution in [3.05, 3.63) is 83.4 Å². The summed E-state index contributed by atoms with van der Waals surface area (Å²) in [5, 5.41) is 11.5. The van der Waals surface area contributed by atoms with Crippen molar-refractivity contribution < 1.29 is 8.78 Å². The SMILES string of the molecule is C[C@H]1CC[C@H](c2ccccc2)SN1Cc1cc(F)c(C2(n3cnnc3)CCNCC2)cc1F. The normalized spacial score (nSPS) is 23.5. The molecule has 0 amide bonds. The van der Waals surface area contributed by atoms with E-state index in [-0.39, 0.29) is 11.6 Å².